The molecule has 0 spiro atoms. The number of anilines is 1. The lowest BCUT2D eigenvalue weighted by Crippen LogP contribution is -2.32. The van der Waals surface area contributed by atoms with Gasteiger partial charge in [-0.3, -0.25) is 0 Å². The van der Waals surface area contributed by atoms with Crippen molar-refractivity contribution in [2.75, 3.05) is 5.32 Å². The fraction of sp³-hybridized carbons (Fsp3) is 0.684. The summed E-state index contributed by atoms with van der Waals surface area (Å²) in [6.45, 7) is 4.76. The normalized spacial score (nSPS) is 30.3. The van der Waals surface area contributed by atoms with E-state index in [2.05, 4.69) is 43.4 Å². The first-order valence-corrected chi connectivity index (χ1v) is 8.74. The van der Waals surface area contributed by atoms with E-state index in [9.17, 15) is 0 Å². The summed E-state index contributed by atoms with van der Waals surface area (Å²) in [5.74, 6) is 2.68. The van der Waals surface area contributed by atoms with Crippen molar-refractivity contribution in [2.24, 2.45) is 11.8 Å². The maximum Gasteiger partial charge on any atom is 0.119 e. The molecular formula is C19H29NO. The van der Waals surface area contributed by atoms with Crippen molar-refractivity contribution in [3.05, 3.63) is 24.3 Å². The molecule has 2 heteroatoms. The maximum absolute atomic E-state index is 6.03. The average molecular weight is 287 g/mol. The Labute approximate surface area is 129 Å². The highest BCUT2D eigenvalue weighted by Gasteiger charge is 2.25. The van der Waals surface area contributed by atoms with E-state index in [1.807, 2.05) is 0 Å². The molecule has 3 unspecified atom stereocenters. The molecule has 3 atom stereocenters. The molecule has 0 amide bonds. The van der Waals surface area contributed by atoms with Crippen molar-refractivity contribution in [3.63, 3.8) is 0 Å². The second kappa shape index (κ2) is 6.72. The Kier molecular flexibility index (Phi) is 4.72. The van der Waals surface area contributed by atoms with Gasteiger partial charge < -0.3 is 10.1 Å². The van der Waals surface area contributed by atoms with Crippen molar-refractivity contribution in [2.45, 2.75) is 70.9 Å². The largest absolute Gasteiger partial charge is 0.490 e. The van der Waals surface area contributed by atoms with Crippen LogP contribution in [0.2, 0.25) is 0 Å². The predicted molar refractivity (Wildman–Crippen MR) is 88.9 cm³/mol. The minimum Gasteiger partial charge on any atom is -0.490 e. The van der Waals surface area contributed by atoms with E-state index in [1.54, 1.807) is 0 Å². The van der Waals surface area contributed by atoms with E-state index in [0.29, 0.717) is 12.1 Å². The van der Waals surface area contributed by atoms with Gasteiger partial charge in [-0.1, -0.05) is 13.8 Å². The van der Waals surface area contributed by atoms with Gasteiger partial charge in [-0.05, 0) is 81.0 Å². The molecule has 21 heavy (non-hydrogen) atoms. The second-order valence-corrected chi connectivity index (χ2v) is 7.20. The molecule has 1 N–H and O–H groups in total. The molecular weight excluding hydrogens is 258 g/mol. The van der Waals surface area contributed by atoms with Crippen LogP contribution in [-0.2, 0) is 0 Å². The van der Waals surface area contributed by atoms with Crippen molar-refractivity contribution in [1.29, 1.82) is 0 Å². The molecule has 1 aromatic carbocycles. The summed E-state index contributed by atoms with van der Waals surface area (Å²) in [4.78, 5) is 0. The van der Waals surface area contributed by atoms with E-state index >= 15 is 0 Å². The third-order valence-electron chi connectivity index (χ3n) is 5.24. The molecule has 3 rings (SSSR count). The maximum atomic E-state index is 6.03. The Hall–Kier alpha value is -1.18. The zero-order valence-electron chi connectivity index (χ0n) is 13.5. The molecule has 0 saturated heterocycles. The number of benzene rings is 1. The average Bonchev–Trinajstić information content (AvgIpc) is 2.97. The fourth-order valence-electron chi connectivity index (χ4n) is 3.92. The summed E-state index contributed by atoms with van der Waals surface area (Å²) < 4.78 is 6.03. The minimum absolute atomic E-state index is 0.448. The lowest BCUT2D eigenvalue weighted by Gasteiger charge is -2.33. The highest BCUT2D eigenvalue weighted by Crippen LogP contribution is 2.31. The lowest BCUT2D eigenvalue weighted by atomic mass is 9.80. The first kappa shape index (κ1) is 14.7. The Balaban J connectivity index is 1.54. The number of nitrogens with one attached hydrogen (secondary N) is 1. The van der Waals surface area contributed by atoms with Crippen molar-refractivity contribution in [3.8, 4) is 5.75 Å². The van der Waals surface area contributed by atoms with Crippen LogP contribution in [0.15, 0.2) is 24.3 Å². The molecule has 2 fully saturated rings. The highest BCUT2D eigenvalue weighted by atomic mass is 16.5. The van der Waals surface area contributed by atoms with Gasteiger partial charge >= 0.3 is 0 Å². The van der Waals surface area contributed by atoms with Crippen LogP contribution in [0.4, 0.5) is 5.69 Å². The van der Waals surface area contributed by atoms with E-state index in [0.717, 1.165) is 17.6 Å². The monoisotopic (exact) mass is 287 g/mol. The Morgan fingerprint density at radius 3 is 2.33 bits per heavy atom. The van der Waals surface area contributed by atoms with Gasteiger partial charge in [-0.2, -0.15) is 0 Å². The lowest BCUT2D eigenvalue weighted by molar-refractivity contribution is 0.210. The molecule has 2 saturated carbocycles. The standard InChI is InChI=1S/C19H29NO/c1-14-7-12-19(15(2)13-14)20-16-8-10-18(11-9-16)21-17-5-3-4-6-17/h8-11,14-15,17,19-20H,3-7,12-13H2,1-2H3. The first-order valence-electron chi connectivity index (χ1n) is 8.74. The molecule has 0 heterocycles. The van der Waals surface area contributed by atoms with E-state index in [1.165, 1.54) is 50.6 Å². The third-order valence-corrected chi connectivity index (χ3v) is 5.24. The van der Waals surface area contributed by atoms with Crippen LogP contribution in [0.25, 0.3) is 0 Å². The zero-order chi connectivity index (χ0) is 14.7. The van der Waals surface area contributed by atoms with E-state index in [-0.39, 0.29) is 0 Å². The summed E-state index contributed by atoms with van der Waals surface area (Å²) in [6, 6.07) is 9.22. The number of ether oxygens (including phenoxy) is 1. The van der Waals surface area contributed by atoms with Gasteiger partial charge in [0.05, 0.1) is 6.10 Å². The van der Waals surface area contributed by atoms with Gasteiger partial charge in [0.1, 0.15) is 5.75 Å². The fourth-order valence-corrected chi connectivity index (χ4v) is 3.92. The molecule has 2 aliphatic rings. The zero-order valence-corrected chi connectivity index (χ0v) is 13.5. The smallest absolute Gasteiger partial charge is 0.119 e. The summed E-state index contributed by atoms with van der Waals surface area (Å²) in [7, 11) is 0. The van der Waals surface area contributed by atoms with Crippen LogP contribution in [0.3, 0.4) is 0 Å². The summed E-state index contributed by atoms with van der Waals surface area (Å²) >= 11 is 0. The highest BCUT2D eigenvalue weighted by molar-refractivity contribution is 5.47. The van der Waals surface area contributed by atoms with Crippen LogP contribution < -0.4 is 10.1 Å². The quantitative estimate of drug-likeness (QED) is 0.817. The second-order valence-electron chi connectivity index (χ2n) is 7.20. The Morgan fingerprint density at radius 2 is 1.67 bits per heavy atom. The summed E-state index contributed by atoms with van der Waals surface area (Å²) in [5, 5.41) is 3.72. The van der Waals surface area contributed by atoms with Gasteiger partial charge in [-0.15, -0.1) is 0 Å². The minimum atomic E-state index is 0.448. The van der Waals surface area contributed by atoms with Gasteiger partial charge in [0, 0.05) is 11.7 Å². The molecule has 0 aromatic heterocycles. The molecule has 0 bridgehead atoms. The Morgan fingerprint density at radius 1 is 0.952 bits per heavy atom. The van der Waals surface area contributed by atoms with E-state index in [4.69, 9.17) is 4.74 Å². The van der Waals surface area contributed by atoms with E-state index < -0.39 is 0 Å². The van der Waals surface area contributed by atoms with Crippen LogP contribution in [-0.4, -0.2) is 12.1 Å². The predicted octanol–water partition coefficient (Wildman–Crippen LogP) is 5.24. The first-order chi connectivity index (χ1) is 10.2. The summed E-state index contributed by atoms with van der Waals surface area (Å²) in [5.41, 5.74) is 1.24. The topological polar surface area (TPSA) is 21.3 Å². The van der Waals surface area contributed by atoms with Crippen LogP contribution in [0.5, 0.6) is 5.75 Å². The molecule has 0 aliphatic heterocycles. The third kappa shape index (κ3) is 3.93. The van der Waals surface area contributed by atoms with Crippen molar-refractivity contribution in [1.82, 2.24) is 0 Å². The Bertz CT molecular complexity index is 435. The van der Waals surface area contributed by atoms with Gasteiger partial charge in [0.25, 0.3) is 0 Å². The SMILES string of the molecule is CC1CCC(Nc2ccc(OC3CCCC3)cc2)C(C)C1. The molecule has 2 aliphatic carbocycles. The van der Waals surface area contributed by atoms with Crippen molar-refractivity contribution >= 4 is 5.69 Å². The molecule has 1 aromatic rings. The van der Waals surface area contributed by atoms with Gasteiger partial charge in [0.15, 0.2) is 0 Å². The molecule has 0 radical (unpaired) electrons. The van der Waals surface area contributed by atoms with Crippen molar-refractivity contribution < 1.29 is 4.74 Å². The number of hydrogen-bond acceptors (Lipinski definition) is 2. The summed E-state index contributed by atoms with van der Waals surface area (Å²) in [6.07, 6.45) is 9.53. The number of rotatable bonds is 4. The van der Waals surface area contributed by atoms with Gasteiger partial charge in [-0.25, -0.2) is 0 Å². The number of hydrogen-bond donors (Lipinski definition) is 1. The van der Waals surface area contributed by atoms with Gasteiger partial charge in [0.2, 0.25) is 0 Å². The van der Waals surface area contributed by atoms with Crippen LogP contribution in [0, 0.1) is 11.8 Å². The van der Waals surface area contributed by atoms with Crippen LogP contribution in [0.1, 0.15) is 58.8 Å². The molecule has 2 nitrogen and oxygen atoms in total. The molecule has 116 valence electrons. The van der Waals surface area contributed by atoms with Crippen LogP contribution >= 0.6 is 0 Å².